The van der Waals surface area contributed by atoms with Crippen molar-refractivity contribution in [2.45, 2.75) is 39.7 Å². The van der Waals surface area contributed by atoms with Gasteiger partial charge < -0.3 is 4.74 Å². The summed E-state index contributed by atoms with van der Waals surface area (Å²) in [5, 5.41) is 2.91. The molecular weight excluding hydrogens is 194 g/mol. The number of carbonyl (C=O) groups excluding carboxylic acids is 1. The Hall–Kier alpha value is -0.810. The number of hydrazine groups is 2. The van der Waals surface area contributed by atoms with E-state index in [9.17, 15) is 4.79 Å². The van der Waals surface area contributed by atoms with Gasteiger partial charge >= 0.3 is 6.09 Å². The van der Waals surface area contributed by atoms with Crippen LogP contribution in [0.1, 0.15) is 34.1 Å². The Labute approximate surface area is 91.1 Å². The van der Waals surface area contributed by atoms with Crippen LogP contribution in [-0.4, -0.2) is 34.9 Å². The summed E-state index contributed by atoms with van der Waals surface area (Å²) in [6.45, 7) is 9.25. The number of nitrogens with two attached hydrogens (primary N) is 1. The normalized spacial score (nSPS) is 22.9. The summed E-state index contributed by atoms with van der Waals surface area (Å²) in [4.78, 5) is 11.6. The van der Waals surface area contributed by atoms with Gasteiger partial charge in [0, 0.05) is 13.1 Å². The Morgan fingerprint density at radius 3 is 2.53 bits per heavy atom. The minimum absolute atomic E-state index is 0.489. The molecule has 0 aliphatic carbocycles. The first-order valence-corrected chi connectivity index (χ1v) is 5.32. The Kier molecular flexibility index (Phi) is 3.57. The van der Waals surface area contributed by atoms with Gasteiger partial charge in [-0.1, -0.05) is 6.92 Å². The standard InChI is InChI=1S/C10H21N3O2/c1-8-5-6-12(7-8)13(11)9(14)15-10(2,3)4/h8H,5-7,11H2,1-4H3/t8-/m1/s1. The topological polar surface area (TPSA) is 58.8 Å². The van der Waals surface area contributed by atoms with Gasteiger partial charge in [0.15, 0.2) is 0 Å². The van der Waals surface area contributed by atoms with Crippen LogP contribution in [-0.2, 0) is 4.74 Å². The predicted octanol–water partition coefficient (Wildman–Crippen LogP) is 1.35. The van der Waals surface area contributed by atoms with Crippen molar-refractivity contribution in [2.75, 3.05) is 13.1 Å². The third kappa shape index (κ3) is 3.68. The molecule has 88 valence electrons. The summed E-state index contributed by atoms with van der Waals surface area (Å²) in [6.07, 6.45) is 0.577. The second-order valence-corrected chi connectivity index (χ2v) is 5.13. The van der Waals surface area contributed by atoms with Crippen molar-refractivity contribution < 1.29 is 9.53 Å². The molecule has 1 aliphatic rings. The van der Waals surface area contributed by atoms with Gasteiger partial charge in [0.1, 0.15) is 5.60 Å². The molecule has 0 aromatic heterocycles. The average Bonchev–Trinajstić information content (AvgIpc) is 2.47. The number of amides is 1. The van der Waals surface area contributed by atoms with Crippen LogP contribution in [0.3, 0.4) is 0 Å². The van der Waals surface area contributed by atoms with Crippen molar-refractivity contribution in [3.05, 3.63) is 0 Å². The number of nitrogens with zero attached hydrogens (tertiary/aromatic N) is 2. The van der Waals surface area contributed by atoms with Gasteiger partial charge in [-0.05, 0) is 33.1 Å². The van der Waals surface area contributed by atoms with Crippen LogP contribution in [0.25, 0.3) is 0 Å². The van der Waals surface area contributed by atoms with Gasteiger partial charge in [0.05, 0.1) is 0 Å². The smallest absolute Gasteiger partial charge is 0.439 e. The Balaban J connectivity index is 2.46. The molecule has 0 aromatic rings. The van der Waals surface area contributed by atoms with Crippen LogP contribution in [0.2, 0.25) is 0 Å². The van der Waals surface area contributed by atoms with E-state index in [0.29, 0.717) is 5.92 Å². The minimum atomic E-state index is -0.500. The summed E-state index contributed by atoms with van der Waals surface area (Å²) in [7, 11) is 0. The predicted molar refractivity (Wildman–Crippen MR) is 57.6 cm³/mol. The van der Waals surface area contributed by atoms with E-state index < -0.39 is 11.7 Å². The fraction of sp³-hybridized carbons (Fsp3) is 0.900. The van der Waals surface area contributed by atoms with E-state index in [2.05, 4.69) is 6.92 Å². The lowest BCUT2D eigenvalue weighted by Gasteiger charge is -2.29. The molecule has 0 radical (unpaired) electrons. The molecule has 5 heteroatoms. The van der Waals surface area contributed by atoms with Crippen molar-refractivity contribution >= 4 is 6.09 Å². The van der Waals surface area contributed by atoms with Crippen molar-refractivity contribution in [1.82, 2.24) is 10.1 Å². The molecule has 0 bridgehead atoms. The van der Waals surface area contributed by atoms with E-state index in [0.717, 1.165) is 24.6 Å². The second-order valence-electron chi connectivity index (χ2n) is 5.13. The van der Waals surface area contributed by atoms with Gasteiger partial charge in [-0.15, -0.1) is 0 Å². The Morgan fingerprint density at radius 1 is 1.53 bits per heavy atom. The van der Waals surface area contributed by atoms with Crippen LogP contribution < -0.4 is 5.84 Å². The highest BCUT2D eigenvalue weighted by Crippen LogP contribution is 2.17. The minimum Gasteiger partial charge on any atom is -0.442 e. The molecule has 1 atom stereocenters. The molecule has 2 N–H and O–H groups in total. The van der Waals surface area contributed by atoms with Crippen molar-refractivity contribution in [3.63, 3.8) is 0 Å². The first-order valence-electron chi connectivity index (χ1n) is 5.32. The molecule has 5 nitrogen and oxygen atoms in total. The zero-order valence-corrected chi connectivity index (χ0v) is 9.99. The van der Waals surface area contributed by atoms with Gasteiger partial charge in [-0.25, -0.2) is 15.6 Å². The van der Waals surface area contributed by atoms with Gasteiger partial charge in [-0.2, -0.15) is 5.12 Å². The second kappa shape index (κ2) is 4.37. The van der Waals surface area contributed by atoms with E-state index in [4.69, 9.17) is 10.6 Å². The molecule has 1 amide bonds. The highest BCUT2D eigenvalue weighted by molar-refractivity contribution is 5.66. The zero-order valence-electron chi connectivity index (χ0n) is 9.99. The van der Waals surface area contributed by atoms with Crippen LogP contribution in [0, 0.1) is 5.92 Å². The lowest BCUT2D eigenvalue weighted by atomic mass is 10.2. The van der Waals surface area contributed by atoms with Crippen LogP contribution in [0.5, 0.6) is 0 Å². The molecule has 1 rings (SSSR count). The maximum atomic E-state index is 11.6. The monoisotopic (exact) mass is 215 g/mol. The largest absolute Gasteiger partial charge is 0.442 e. The Morgan fingerprint density at radius 2 is 2.13 bits per heavy atom. The van der Waals surface area contributed by atoms with Gasteiger partial charge in [-0.3, -0.25) is 0 Å². The van der Waals surface area contributed by atoms with E-state index in [-0.39, 0.29) is 0 Å². The van der Waals surface area contributed by atoms with Crippen molar-refractivity contribution in [3.8, 4) is 0 Å². The summed E-state index contributed by atoms with van der Waals surface area (Å²) < 4.78 is 5.17. The van der Waals surface area contributed by atoms with E-state index in [1.54, 1.807) is 0 Å². The molecule has 0 saturated carbocycles. The van der Waals surface area contributed by atoms with Crippen molar-refractivity contribution in [2.24, 2.45) is 11.8 Å². The van der Waals surface area contributed by atoms with Crippen molar-refractivity contribution in [1.29, 1.82) is 0 Å². The first-order chi connectivity index (χ1) is 6.79. The fourth-order valence-corrected chi connectivity index (χ4v) is 1.53. The average molecular weight is 215 g/mol. The lowest BCUT2D eigenvalue weighted by Crippen LogP contribution is -2.51. The van der Waals surface area contributed by atoms with Crippen LogP contribution >= 0.6 is 0 Å². The SMILES string of the molecule is C[C@@H]1CCN(N(N)C(=O)OC(C)(C)C)C1. The molecule has 0 unspecified atom stereocenters. The van der Waals surface area contributed by atoms with Crippen LogP contribution in [0.4, 0.5) is 4.79 Å². The highest BCUT2D eigenvalue weighted by atomic mass is 16.6. The number of carbonyl (C=O) groups is 1. The highest BCUT2D eigenvalue weighted by Gasteiger charge is 2.28. The third-order valence-corrected chi connectivity index (χ3v) is 2.29. The number of hydrogen-bond acceptors (Lipinski definition) is 4. The fourth-order valence-electron chi connectivity index (χ4n) is 1.53. The summed E-state index contributed by atoms with van der Waals surface area (Å²) >= 11 is 0. The summed E-state index contributed by atoms with van der Waals surface area (Å²) in [6, 6.07) is 0. The zero-order chi connectivity index (χ0) is 11.6. The molecular formula is C10H21N3O2. The molecule has 1 heterocycles. The van der Waals surface area contributed by atoms with E-state index in [1.807, 2.05) is 25.8 Å². The van der Waals surface area contributed by atoms with Gasteiger partial charge in [0.25, 0.3) is 0 Å². The third-order valence-electron chi connectivity index (χ3n) is 2.29. The number of rotatable bonds is 1. The lowest BCUT2D eigenvalue weighted by molar-refractivity contribution is -0.0427. The summed E-state index contributed by atoms with van der Waals surface area (Å²) in [5.41, 5.74) is -0.500. The van der Waals surface area contributed by atoms with E-state index in [1.165, 1.54) is 0 Å². The first kappa shape index (κ1) is 12.3. The van der Waals surface area contributed by atoms with E-state index >= 15 is 0 Å². The molecule has 1 saturated heterocycles. The molecule has 1 fully saturated rings. The van der Waals surface area contributed by atoms with Crippen LogP contribution in [0.15, 0.2) is 0 Å². The Bertz CT molecular complexity index is 237. The molecule has 15 heavy (non-hydrogen) atoms. The maximum absolute atomic E-state index is 11.6. The molecule has 1 aliphatic heterocycles. The quantitative estimate of drug-likeness (QED) is 0.407. The molecule has 0 spiro atoms. The number of hydrogen-bond donors (Lipinski definition) is 1. The molecule has 0 aromatic carbocycles. The maximum Gasteiger partial charge on any atom is 0.439 e. The summed E-state index contributed by atoms with van der Waals surface area (Å²) in [5.74, 6) is 6.26. The van der Waals surface area contributed by atoms with Gasteiger partial charge in [0.2, 0.25) is 0 Å². The number of ether oxygens (including phenoxy) is 1.